The van der Waals surface area contributed by atoms with Gasteiger partial charge in [-0.25, -0.2) is 0 Å². The summed E-state index contributed by atoms with van der Waals surface area (Å²) in [6.45, 7) is 2.48. The van der Waals surface area contributed by atoms with Gasteiger partial charge in [0, 0.05) is 6.07 Å². The molecular formula is C12H12O2S. The molecule has 0 radical (unpaired) electrons. The SMILES string of the molecule is Cc1cc(O)cc(OCc2ccsc2)c1. The lowest BCUT2D eigenvalue weighted by atomic mass is 10.2. The van der Waals surface area contributed by atoms with Gasteiger partial charge in [-0.2, -0.15) is 11.3 Å². The topological polar surface area (TPSA) is 29.5 Å². The Morgan fingerprint density at radius 1 is 1.33 bits per heavy atom. The molecule has 1 N–H and O–H groups in total. The Labute approximate surface area is 92.8 Å². The first-order valence-electron chi connectivity index (χ1n) is 4.68. The van der Waals surface area contributed by atoms with Crippen molar-refractivity contribution in [1.82, 2.24) is 0 Å². The maximum Gasteiger partial charge on any atom is 0.123 e. The molecule has 1 heterocycles. The summed E-state index contributed by atoms with van der Waals surface area (Å²) in [5.74, 6) is 0.953. The molecular weight excluding hydrogens is 208 g/mol. The highest BCUT2D eigenvalue weighted by Crippen LogP contribution is 2.22. The largest absolute Gasteiger partial charge is 0.508 e. The first-order valence-corrected chi connectivity index (χ1v) is 5.63. The van der Waals surface area contributed by atoms with Crippen LogP contribution in [-0.4, -0.2) is 5.11 Å². The highest BCUT2D eigenvalue weighted by Gasteiger charge is 1.99. The van der Waals surface area contributed by atoms with E-state index in [-0.39, 0.29) is 5.75 Å². The molecule has 0 saturated heterocycles. The van der Waals surface area contributed by atoms with Crippen molar-refractivity contribution in [2.24, 2.45) is 0 Å². The van der Waals surface area contributed by atoms with Crippen LogP contribution in [0.2, 0.25) is 0 Å². The lowest BCUT2D eigenvalue weighted by Crippen LogP contribution is -1.93. The molecule has 0 atom stereocenters. The average molecular weight is 220 g/mol. The summed E-state index contributed by atoms with van der Waals surface area (Å²) >= 11 is 1.65. The number of rotatable bonds is 3. The van der Waals surface area contributed by atoms with Crippen LogP contribution in [0.25, 0.3) is 0 Å². The molecule has 0 spiro atoms. The van der Waals surface area contributed by atoms with Crippen LogP contribution in [-0.2, 0) is 6.61 Å². The number of aromatic hydroxyl groups is 1. The van der Waals surface area contributed by atoms with Crippen LogP contribution in [0, 0.1) is 6.92 Å². The molecule has 2 rings (SSSR count). The van der Waals surface area contributed by atoms with Gasteiger partial charge in [0.05, 0.1) is 0 Å². The van der Waals surface area contributed by atoms with E-state index < -0.39 is 0 Å². The van der Waals surface area contributed by atoms with Crippen molar-refractivity contribution in [3.63, 3.8) is 0 Å². The van der Waals surface area contributed by atoms with Gasteiger partial charge in [-0.3, -0.25) is 0 Å². The van der Waals surface area contributed by atoms with Crippen LogP contribution < -0.4 is 4.74 Å². The first-order chi connectivity index (χ1) is 7.24. The highest BCUT2D eigenvalue weighted by atomic mass is 32.1. The molecule has 0 aliphatic rings. The monoisotopic (exact) mass is 220 g/mol. The van der Waals surface area contributed by atoms with E-state index in [1.54, 1.807) is 23.5 Å². The molecule has 1 aromatic carbocycles. The van der Waals surface area contributed by atoms with E-state index in [0.717, 1.165) is 11.1 Å². The van der Waals surface area contributed by atoms with E-state index in [9.17, 15) is 5.11 Å². The molecule has 0 unspecified atom stereocenters. The minimum Gasteiger partial charge on any atom is -0.508 e. The summed E-state index contributed by atoms with van der Waals surface area (Å²) in [5.41, 5.74) is 2.15. The molecule has 0 amide bonds. The van der Waals surface area contributed by atoms with Gasteiger partial charge in [-0.05, 0) is 47.0 Å². The quantitative estimate of drug-likeness (QED) is 0.859. The van der Waals surface area contributed by atoms with E-state index >= 15 is 0 Å². The van der Waals surface area contributed by atoms with Crippen molar-refractivity contribution < 1.29 is 9.84 Å². The van der Waals surface area contributed by atoms with E-state index in [1.165, 1.54) is 0 Å². The number of benzene rings is 1. The third kappa shape index (κ3) is 2.73. The van der Waals surface area contributed by atoms with Crippen LogP contribution in [0.1, 0.15) is 11.1 Å². The summed E-state index contributed by atoms with van der Waals surface area (Å²) in [5, 5.41) is 13.4. The molecule has 15 heavy (non-hydrogen) atoms. The second kappa shape index (κ2) is 4.36. The van der Waals surface area contributed by atoms with Crippen LogP contribution in [0.15, 0.2) is 35.0 Å². The molecule has 0 saturated carbocycles. The van der Waals surface area contributed by atoms with Gasteiger partial charge in [0.15, 0.2) is 0 Å². The van der Waals surface area contributed by atoms with Crippen LogP contribution in [0.3, 0.4) is 0 Å². The highest BCUT2D eigenvalue weighted by molar-refractivity contribution is 7.07. The molecule has 0 aliphatic heterocycles. The minimum atomic E-state index is 0.246. The maximum absolute atomic E-state index is 9.37. The van der Waals surface area contributed by atoms with E-state index in [1.807, 2.05) is 24.4 Å². The summed E-state index contributed by atoms with van der Waals surface area (Å²) in [6, 6.07) is 7.27. The number of thiophene rings is 1. The van der Waals surface area contributed by atoms with E-state index in [4.69, 9.17) is 4.74 Å². The summed E-state index contributed by atoms with van der Waals surface area (Å²) in [6.07, 6.45) is 0. The normalized spacial score (nSPS) is 10.2. The van der Waals surface area contributed by atoms with Gasteiger partial charge in [0.25, 0.3) is 0 Å². The molecule has 0 aliphatic carbocycles. The number of aryl methyl sites for hydroxylation is 1. The lowest BCUT2D eigenvalue weighted by molar-refractivity contribution is 0.304. The zero-order valence-electron chi connectivity index (χ0n) is 8.43. The van der Waals surface area contributed by atoms with Gasteiger partial charge in [-0.15, -0.1) is 0 Å². The molecule has 0 bridgehead atoms. The Kier molecular flexibility index (Phi) is 2.92. The van der Waals surface area contributed by atoms with Gasteiger partial charge < -0.3 is 9.84 Å². The van der Waals surface area contributed by atoms with E-state index in [0.29, 0.717) is 12.4 Å². The third-order valence-corrected chi connectivity index (χ3v) is 2.75. The predicted octanol–water partition coefficient (Wildman–Crippen LogP) is 3.34. The number of ether oxygens (including phenoxy) is 1. The van der Waals surface area contributed by atoms with Crippen molar-refractivity contribution in [1.29, 1.82) is 0 Å². The van der Waals surface area contributed by atoms with E-state index in [2.05, 4.69) is 5.38 Å². The number of phenolic OH excluding ortho intramolecular Hbond substituents is 1. The second-order valence-corrected chi connectivity index (χ2v) is 4.20. The lowest BCUT2D eigenvalue weighted by Gasteiger charge is -2.06. The zero-order chi connectivity index (χ0) is 10.7. The maximum atomic E-state index is 9.37. The molecule has 0 fully saturated rings. The van der Waals surface area contributed by atoms with Gasteiger partial charge in [-0.1, -0.05) is 0 Å². The smallest absolute Gasteiger partial charge is 0.123 e. The van der Waals surface area contributed by atoms with Crippen LogP contribution >= 0.6 is 11.3 Å². The van der Waals surface area contributed by atoms with Crippen LogP contribution in [0.4, 0.5) is 0 Å². The van der Waals surface area contributed by atoms with Gasteiger partial charge >= 0.3 is 0 Å². The van der Waals surface area contributed by atoms with Crippen molar-refractivity contribution in [3.05, 3.63) is 46.2 Å². The molecule has 3 heteroatoms. The summed E-state index contributed by atoms with van der Waals surface area (Å²) in [4.78, 5) is 0. The Morgan fingerprint density at radius 2 is 2.20 bits per heavy atom. The Balaban J connectivity index is 2.05. The summed E-state index contributed by atoms with van der Waals surface area (Å²) < 4.78 is 5.56. The number of hydrogen-bond acceptors (Lipinski definition) is 3. The molecule has 2 nitrogen and oxygen atoms in total. The van der Waals surface area contributed by atoms with Crippen molar-refractivity contribution in [2.45, 2.75) is 13.5 Å². The van der Waals surface area contributed by atoms with Gasteiger partial charge in [0.2, 0.25) is 0 Å². The predicted molar refractivity (Wildman–Crippen MR) is 61.5 cm³/mol. The molecule has 78 valence electrons. The fourth-order valence-corrected chi connectivity index (χ4v) is 2.01. The molecule has 1 aromatic heterocycles. The first kappa shape index (κ1) is 10.1. The number of phenols is 1. The Hall–Kier alpha value is -1.48. The summed E-state index contributed by atoms with van der Waals surface area (Å²) in [7, 11) is 0. The van der Waals surface area contributed by atoms with Gasteiger partial charge in [0.1, 0.15) is 18.1 Å². The van der Waals surface area contributed by atoms with Crippen LogP contribution in [0.5, 0.6) is 11.5 Å². The fourth-order valence-electron chi connectivity index (χ4n) is 1.35. The van der Waals surface area contributed by atoms with Crippen molar-refractivity contribution in [3.8, 4) is 11.5 Å². The Bertz CT molecular complexity index is 415. The van der Waals surface area contributed by atoms with Crippen molar-refractivity contribution >= 4 is 11.3 Å². The Morgan fingerprint density at radius 3 is 2.87 bits per heavy atom. The number of hydrogen-bond donors (Lipinski definition) is 1. The minimum absolute atomic E-state index is 0.246. The van der Waals surface area contributed by atoms with Crippen molar-refractivity contribution in [2.75, 3.05) is 0 Å². The zero-order valence-corrected chi connectivity index (χ0v) is 9.25. The standard InChI is InChI=1S/C12H12O2S/c1-9-4-11(13)6-12(5-9)14-7-10-2-3-15-8-10/h2-6,8,13H,7H2,1H3. The average Bonchev–Trinajstić information content (AvgIpc) is 2.65. The molecule has 2 aromatic rings. The fraction of sp³-hybridized carbons (Fsp3) is 0.167. The second-order valence-electron chi connectivity index (χ2n) is 3.42. The third-order valence-electron chi connectivity index (χ3n) is 2.02.